The normalized spacial score (nSPS) is 14.8. The van der Waals surface area contributed by atoms with E-state index in [0.29, 0.717) is 11.7 Å². The van der Waals surface area contributed by atoms with Crippen LogP contribution in [0.5, 0.6) is 0 Å². The molecular weight excluding hydrogens is 340 g/mol. The Kier molecular flexibility index (Phi) is 5.10. The number of quaternary nitrogens is 1. The van der Waals surface area contributed by atoms with E-state index in [1.807, 2.05) is 38.4 Å². The number of thiazole rings is 1. The van der Waals surface area contributed by atoms with E-state index in [1.165, 1.54) is 16.2 Å². The quantitative estimate of drug-likeness (QED) is 0.731. The van der Waals surface area contributed by atoms with Crippen LogP contribution in [0.3, 0.4) is 0 Å². The fraction of sp³-hybridized carbons (Fsp3) is 0.412. The number of hydrogen-bond acceptors (Lipinski definition) is 5. The Morgan fingerprint density at radius 3 is 2.56 bits per heavy atom. The molecule has 0 unspecified atom stereocenters. The molecular formula is C17H21N4O3S+. The van der Waals surface area contributed by atoms with Crippen LogP contribution in [-0.2, 0) is 14.4 Å². The Hall–Kier alpha value is -2.32. The second-order valence-electron chi connectivity index (χ2n) is 6.34. The summed E-state index contributed by atoms with van der Waals surface area (Å²) in [7, 11) is 4.02. The van der Waals surface area contributed by atoms with Crippen LogP contribution in [0.4, 0.5) is 5.13 Å². The summed E-state index contributed by atoms with van der Waals surface area (Å²) >= 11 is 1.44. The van der Waals surface area contributed by atoms with Gasteiger partial charge in [-0.15, -0.1) is 0 Å². The molecule has 2 aromatic rings. The van der Waals surface area contributed by atoms with Gasteiger partial charge in [-0.25, -0.2) is 4.98 Å². The Labute approximate surface area is 149 Å². The molecule has 7 nitrogen and oxygen atoms in total. The van der Waals surface area contributed by atoms with E-state index in [2.05, 4.69) is 4.98 Å². The first kappa shape index (κ1) is 17.5. The lowest BCUT2D eigenvalue weighted by Gasteiger charge is -2.23. The van der Waals surface area contributed by atoms with E-state index >= 15 is 0 Å². The minimum atomic E-state index is -0.277. The number of rotatable bonds is 6. The van der Waals surface area contributed by atoms with E-state index in [9.17, 15) is 14.4 Å². The van der Waals surface area contributed by atoms with Crippen molar-refractivity contribution in [3.8, 4) is 0 Å². The molecule has 1 fully saturated rings. The summed E-state index contributed by atoms with van der Waals surface area (Å²) < 4.78 is 1.00. The first-order valence-corrected chi connectivity index (χ1v) is 9.05. The molecule has 1 aliphatic heterocycles. The van der Waals surface area contributed by atoms with Crippen molar-refractivity contribution in [1.29, 1.82) is 0 Å². The standard InChI is InChI=1S/C17H20N4O3S/c1-19(2)9-10-20(16(24)11-21-14(22)7-8-15(21)23)17-18-12-5-3-4-6-13(12)25-17/h3-6H,7-11H2,1-2H3/p+1. The molecule has 0 spiro atoms. The maximum atomic E-state index is 12.8. The molecule has 1 saturated heterocycles. The number of likely N-dealkylation sites (N-methyl/N-ethyl adjacent to an activating group) is 1. The van der Waals surface area contributed by atoms with Gasteiger partial charge in [0.15, 0.2) is 5.13 Å². The molecule has 25 heavy (non-hydrogen) atoms. The van der Waals surface area contributed by atoms with Crippen molar-refractivity contribution >= 4 is 44.4 Å². The van der Waals surface area contributed by atoms with Gasteiger partial charge < -0.3 is 4.90 Å². The maximum absolute atomic E-state index is 12.8. The van der Waals surface area contributed by atoms with Crippen LogP contribution in [0.15, 0.2) is 24.3 Å². The van der Waals surface area contributed by atoms with E-state index in [0.717, 1.165) is 21.7 Å². The predicted molar refractivity (Wildman–Crippen MR) is 95.6 cm³/mol. The minimum absolute atomic E-state index is 0.190. The van der Waals surface area contributed by atoms with Crippen LogP contribution in [0.2, 0.25) is 0 Å². The highest BCUT2D eigenvalue weighted by molar-refractivity contribution is 7.22. The maximum Gasteiger partial charge on any atom is 0.249 e. The van der Waals surface area contributed by atoms with Crippen molar-refractivity contribution in [2.24, 2.45) is 0 Å². The number of likely N-dealkylation sites (tertiary alicyclic amines) is 1. The molecule has 3 rings (SSSR count). The van der Waals surface area contributed by atoms with Gasteiger partial charge in [0.1, 0.15) is 6.54 Å². The molecule has 2 heterocycles. The highest BCUT2D eigenvalue weighted by Gasteiger charge is 2.32. The van der Waals surface area contributed by atoms with Crippen LogP contribution in [0.25, 0.3) is 10.2 Å². The van der Waals surface area contributed by atoms with Crippen LogP contribution in [0, 0.1) is 0 Å². The van der Waals surface area contributed by atoms with Crippen LogP contribution in [0.1, 0.15) is 12.8 Å². The summed E-state index contributed by atoms with van der Waals surface area (Å²) in [5.41, 5.74) is 0.839. The molecule has 0 aliphatic carbocycles. The van der Waals surface area contributed by atoms with E-state index in [-0.39, 0.29) is 37.1 Å². The topological polar surface area (TPSA) is 75.0 Å². The zero-order chi connectivity index (χ0) is 18.0. The Morgan fingerprint density at radius 1 is 1.24 bits per heavy atom. The number of benzene rings is 1. The first-order chi connectivity index (χ1) is 12.0. The van der Waals surface area contributed by atoms with Crippen molar-refractivity contribution in [2.75, 3.05) is 38.6 Å². The van der Waals surface area contributed by atoms with E-state index in [1.54, 1.807) is 4.90 Å². The van der Waals surface area contributed by atoms with Gasteiger partial charge in [0.25, 0.3) is 0 Å². The third-order valence-electron chi connectivity index (χ3n) is 4.10. The first-order valence-electron chi connectivity index (χ1n) is 8.24. The molecule has 0 atom stereocenters. The summed E-state index contributed by atoms with van der Waals surface area (Å²) in [4.78, 5) is 44.8. The van der Waals surface area contributed by atoms with E-state index in [4.69, 9.17) is 0 Å². The zero-order valence-electron chi connectivity index (χ0n) is 14.3. The number of amides is 3. The van der Waals surface area contributed by atoms with Gasteiger partial charge >= 0.3 is 0 Å². The number of carbonyl (C=O) groups is 3. The number of para-hydroxylation sites is 1. The number of nitrogens with one attached hydrogen (secondary N) is 1. The summed E-state index contributed by atoms with van der Waals surface area (Å²) in [5, 5.41) is 0.603. The lowest BCUT2D eigenvalue weighted by atomic mass is 10.3. The second kappa shape index (κ2) is 7.28. The Morgan fingerprint density at radius 2 is 1.92 bits per heavy atom. The third-order valence-corrected chi connectivity index (χ3v) is 5.16. The molecule has 1 aliphatic rings. The molecule has 132 valence electrons. The highest BCUT2D eigenvalue weighted by Crippen LogP contribution is 2.28. The number of anilines is 1. The number of nitrogens with zero attached hydrogens (tertiary/aromatic N) is 3. The number of carbonyl (C=O) groups excluding carboxylic acids is 3. The van der Waals surface area contributed by atoms with Crippen molar-refractivity contribution < 1.29 is 19.3 Å². The summed E-state index contributed by atoms with van der Waals surface area (Å²) in [5.74, 6) is -0.828. The fourth-order valence-electron chi connectivity index (χ4n) is 2.66. The molecule has 1 aromatic carbocycles. The van der Waals surface area contributed by atoms with Gasteiger partial charge in [-0.3, -0.25) is 24.2 Å². The zero-order valence-corrected chi connectivity index (χ0v) is 15.1. The van der Waals surface area contributed by atoms with Crippen molar-refractivity contribution in [3.63, 3.8) is 0 Å². The smallest absolute Gasteiger partial charge is 0.249 e. The molecule has 0 radical (unpaired) electrons. The summed E-state index contributed by atoms with van der Waals surface area (Å²) in [6.45, 7) is 1.01. The molecule has 0 saturated carbocycles. The fourth-order valence-corrected chi connectivity index (χ4v) is 3.67. The van der Waals surface area contributed by atoms with Crippen LogP contribution < -0.4 is 9.80 Å². The van der Waals surface area contributed by atoms with Gasteiger partial charge in [-0.1, -0.05) is 23.5 Å². The van der Waals surface area contributed by atoms with Crippen molar-refractivity contribution in [1.82, 2.24) is 9.88 Å². The predicted octanol–water partition coefficient (Wildman–Crippen LogP) is -0.0772. The SMILES string of the molecule is C[NH+](C)CCN(C(=O)CN1C(=O)CCC1=O)c1nc2ccccc2s1. The Bertz CT molecular complexity index is 768. The minimum Gasteiger partial charge on any atom is -0.338 e. The van der Waals surface area contributed by atoms with E-state index < -0.39 is 0 Å². The third kappa shape index (κ3) is 3.85. The lowest BCUT2D eigenvalue weighted by molar-refractivity contribution is -0.856. The van der Waals surface area contributed by atoms with Gasteiger partial charge in [0.05, 0.1) is 37.4 Å². The lowest BCUT2D eigenvalue weighted by Crippen LogP contribution is -3.06. The van der Waals surface area contributed by atoms with Crippen molar-refractivity contribution in [3.05, 3.63) is 24.3 Å². The molecule has 8 heteroatoms. The number of imide groups is 1. The number of aromatic nitrogens is 1. The average molecular weight is 361 g/mol. The average Bonchev–Trinajstić information content (AvgIpc) is 3.13. The number of fused-ring (bicyclic) bond motifs is 1. The molecule has 3 amide bonds. The summed E-state index contributed by atoms with van der Waals surface area (Å²) in [6.07, 6.45) is 0.379. The van der Waals surface area contributed by atoms with Gasteiger partial charge in [0, 0.05) is 12.8 Å². The van der Waals surface area contributed by atoms with Crippen molar-refractivity contribution in [2.45, 2.75) is 12.8 Å². The second-order valence-corrected chi connectivity index (χ2v) is 7.35. The molecule has 0 bridgehead atoms. The largest absolute Gasteiger partial charge is 0.338 e. The van der Waals surface area contributed by atoms with Gasteiger partial charge in [-0.2, -0.15) is 0 Å². The van der Waals surface area contributed by atoms with Crippen LogP contribution >= 0.6 is 11.3 Å². The summed E-state index contributed by atoms with van der Waals surface area (Å²) in [6, 6.07) is 7.71. The Balaban J connectivity index is 1.84. The molecule has 1 aromatic heterocycles. The van der Waals surface area contributed by atoms with Crippen LogP contribution in [-0.4, -0.2) is 61.3 Å². The number of hydrogen-bond donors (Lipinski definition) is 1. The molecule has 1 N–H and O–H groups in total. The van der Waals surface area contributed by atoms with Gasteiger partial charge in [-0.05, 0) is 12.1 Å². The highest BCUT2D eigenvalue weighted by atomic mass is 32.1. The monoisotopic (exact) mass is 361 g/mol. The van der Waals surface area contributed by atoms with Gasteiger partial charge in [0.2, 0.25) is 17.7 Å².